The van der Waals surface area contributed by atoms with E-state index in [4.69, 9.17) is 0 Å². The molecule has 0 radical (unpaired) electrons. The van der Waals surface area contributed by atoms with Crippen molar-refractivity contribution < 1.29 is 31.1 Å². The van der Waals surface area contributed by atoms with E-state index in [0.717, 1.165) is 35.4 Å². The number of hydrogen-bond acceptors (Lipinski definition) is 2. The monoisotopic (exact) mass is 538 g/mol. The van der Waals surface area contributed by atoms with Crippen LogP contribution in [0.3, 0.4) is 0 Å². The Bertz CT molecular complexity index is 1430. The molecule has 4 rings (SSSR count). The van der Waals surface area contributed by atoms with Crippen LogP contribution in [0.15, 0.2) is 116 Å². The summed E-state index contributed by atoms with van der Waals surface area (Å²) in [6.07, 6.45) is -1.72. The second kappa shape index (κ2) is 11.4. The van der Waals surface area contributed by atoms with Gasteiger partial charge in [0.05, 0.1) is 11.1 Å². The van der Waals surface area contributed by atoms with Gasteiger partial charge in [-0.15, -0.1) is 0 Å². The second-order valence-corrected chi connectivity index (χ2v) is 8.40. The maximum atomic E-state index is 13.0. The van der Waals surface area contributed by atoms with Crippen LogP contribution in [0, 0.1) is 0 Å². The molecule has 198 valence electrons. The summed E-state index contributed by atoms with van der Waals surface area (Å²) in [5, 5.41) is 2.73. The Balaban J connectivity index is 1.58. The number of rotatable bonds is 6. The quantitative estimate of drug-likeness (QED) is 0.152. The highest BCUT2D eigenvalue weighted by molar-refractivity contribution is 6.00. The van der Waals surface area contributed by atoms with Gasteiger partial charge in [0.2, 0.25) is 5.91 Å². The maximum Gasteiger partial charge on any atom is 0.416 e. The summed E-state index contributed by atoms with van der Waals surface area (Å²) in [5.41, 5.74) is 1.60. The van der Waals surface area contributed by atoms with Crippen LogP contribution in [0.2, 0.25) is 0 Å². The Morgan fingerprint density at radius 1 is 0.692 bits per heavy atom. The van der Waals surface area contributed by atoms with Gasteiger partial charge in [-0.1, -0.05) is 48.6 Å². The largest absolute Gasteiger partial charge is 0.416 e. The lowest BCUT2D eigenvalue weighted by atomic mass is 9.95. The molecule has 0 aliphatic carbocycles. The lowest BCUT2D eigenvalue weighted by molar-refractivity contribution is -0.138. The van der Waals surface area contributed by atoms with Gasteiger partial charge < -0.3 is 5.32 Å². The van der Waals surface area contributed by atoms with Crippen LogP contribution in [0.25, 0.3) is 16.7 Å². The highest BCUT2D eigenvalue weighted by atomic mass is 19.4. The van der Waals surface area contributed by atoms with Gasteiger partial charge in [0, 0.05) is 24.2 Å². The molecule has 0 fully saturated rings. The molecule has 1 amide bonds. The summed E-state index contributed by atoms with van der Waals surface area (Å²) < 4.78 is 78.1. The van der Waals surface area contributed by atoms with E-state index in [0.29, 0.717) is 22.4 Å². The van der Waals surface area contributed by atoms with Crippen molar-refractivity contribution in [3.63, 3.8) is 0 Å². The molecule has 0 spiro atoms. The van der Waals surface area contributed by atoms with Gasteiger partial charge in [-0.2, -0.15) is 26.3 Å². The van der Waals surface area contributed by atoms with E-state index in [-0.39, 0.29) is 0 Å². The van der Waals surface area contributed by atoms with Crippen molar-refractivity contribution in [2.75, 3.05) is 5.32 Å². The average Bonchev–Trinajstić information content (AvgIpc) is 2.91. The number of pyridine rings is 1. The SMILES string of the molecule is O=C(C=CC=C(c1ccc(C(F)(F)F)cc1)c1ccc(C(F)(F)F)cc1)Nc1cccc(-c2ccncc2)c1. The van der Waals surface area contributed by atoms with Gasteiger partial charge in [0.15, 0.2) is 0 Å². The zero-order chi connectivity index (χ0) is 28.0. The van der Waals surface area contributed by atoms with E-state index in [1.54, 1.807) is 30.6 Å². The topological polar surface area (TPSA) is 42.0 Å². The van der Waals surface area contributed by atoms with E-state index in [9.17, 15) is 31.1 Å². The van der Waals surface area contributed by atoms with Gasteiger partial charge in [0.1, 0.15) is 0 Å². The Hall–Kier alpha value is -4.66. The first-order valence-corrected chi connectivity index (χ1v) is 11.6. The van der Waals surface area contributed by atoms with Gasteiger partial charge in [-0.25, -0.2) is 0 Å². The molecule has 39 heavy (non-hydrogen) atoms. The summed E-state index contributed by atoms with van der Waals surface area (Å²) in [5.74, 6) is -0.475. The maximum absolute atomic E-state index is 13.0. The molecule has 9 heteroatoms. The first kappa shape index (κ1) is 27.4. The van der Waals surface area contributed by atoms with Crippen LogP contribution in [-0.2, 0) is 17.1 Å². The molecule has 0 saturated heterocycles. The van der Waals surface area contributed by atoms with Gasteiger partial charge >= 0.3 is 12.4 Å². The number of alkyl halides is 6. The third-order valence-electron chi connectivity index (χ3n) is 5.70. The molecule has 1 N–H and O–H groups in total. The molecule has 0 aliphatic heterocycles. The van der Waals surface area contributed by atoms with E-state index in [1.165, 1.54) is 42.5 Å². The number of nitrogens with one attached hydrogen (secondary N) is 1. The molecule has 0 unspecified atom stereocenters. The third kappa shape index (κ3) is 7.22. The fourth-order valence-electron chi connectivity index (χ4n) is 3.77. The average molecular weight is 538 g/mol. The fourth-order valence-corrected chi connectivity index (χ4v) is 3.77. The number of carbonyl (C=O) groups is 1. The predicted octanol–water partition coefficient (Wildman–Crippen LogP) is 8.41. The van der Waals surface area contributed by atoms with Crippen LogP contribution in [-0.4, -0.2) is 10.9 Å². The second-order valence-electron chi connectivity index (χ2n) is 8.40. The zero-order valence-corrected chi connectivity index (χ0v) is 20.1. The van der Waals surface area contributed by atoms with Crippen LogP contribution < -0.4 is 5.32 Å². The molecule has 3 nitrogen and oxygen atoms in total. The predicted molar refractivity (Wildman–Crippen MR) is 137 cm³/mol. The van der Waals surface area contributed by atoms with E-state index >= 15 is 0 Å². The Morgan fingerprint density at radius 2 is 1.23 bits per heavy atom. The number of aromatic nitrogens is 1. The number of amides is 1. The van der Waals surface area contributed by atoms with Crippen LogP contribution >= 0.6 is 0 Å². The number of benzene rings is 3. The molecular formula is C30H20F6N2O. The molecule has 4 aromatic rings. The summed E-state index contributed by atoms with van der Waals surface area (Å²) in [7, 11) is 0. The third-order valence-corrected chi connectivity index (χ3v) is 5.70. The number of nitrogens with zero attached hydrogens (tertiary/aromatic N) is 1. The number of anilines is 1. The van der Waals surface area contributed by atoms with Crippen molar-refractivity contribution in [2.24, 2.45) is 0 Å². The summed E-state index contributed by atoms with van der Waals surface area (Å²) in [6.45, 7) is 0. The molecule has 0 saturated carbocycles. The smallest absolute Gasteiger partial charge is 0.322 e. The molecule has 3 aromatic carbocycles. The summed E-state index contributed by atoms with van der Waals surface area (Å²) >= 11 is 0. The summed E-state index contributed by atoms with van der Waals surface area (Å²) in [4.78, 5) is 16.5. The highest BCUT2D eigenvalue weighted by Crippen LogP contribution is 2.33. The highest BCUT2D eigenvalue weighted by Gasteiger charge is 2.31. The molecule has 0 bridgehead atoms. The van der Waals surface area contributed by atoms with E-state index in [1.807, 2.05) is 18.2 Å². The van der Waals surface area contributed by atoms with Crippen LogP contribution in [0.1, 0.15) is 22.3 Å². The Kier molecular flexibility index (Phi) is 7.99. The number of halogens is 6. The number of allylic oxidation sites excluding steroid dienone is 2. The molecule has 0 atom stereocenters. The number of hydrogen-bond donors (Lipinski definition) is 1. The van der Waals surface area contributed by atoms with Crippen molar-refractivity contribution in [3.05, 3.63) is 138 Å². The minimum absolute atomic E-state index is 0.331. The first-order chi connectivity index (χ1) is 18.5. The van der Waals surface area contributed by atoms with Gasteiger partial charge in [-0.05, 0) is 76.4 Å². The first-order valence-electron chi connectivity index (χ1n) is 11.6. The van der Waals surface area contributed by atoms with Crippen LogP contribution in [0.4, 0.5) is 32.0 Å². The lowest BCUT2D eigenvalue weighted by Gasteiger charge is -2.12. The van der Waals surface area contributed by atoms with Crippen molar-refractivity contribution in [1.29, 1.82) is 0 Å². The Labute approximate surface area is 220 Å². The van der Waals surface area contributed by atoms with Crippen molar-refractivity contribution in [1.82, 2.24) is 4.98 Å². The zero-order valence-electron chi connectivity index (χ0n) is 20.1. The lowest BCUT2D eigenvalue weighted by Crippen LogP contribution is -2.07. The fraction of sp³-hybridized carbons (Fsp3) is 0.0667. The van der Waals surface area contributed by atoms with Crippen molar-refractivity contribution >= 4 is 17.2 Å². The normalized spacial score (nSPS) is 11.8. The molecular weight excluding hydrogens is 518 g/mol. The summed E-state index contributed by atoms with van der Waals surface area (Å²) in [6, 6.07) is 19.3. The van der Waals surface area contributed by atoms with Crippen molar-refractivity contribution in [2.45, 2.75) is 12.4 Å². The minimum Gasteiger partial charge on any atom is -0.322 e. The van der Waals surface area contributed by atoms with Crippen molar-refractivity contribution in [3.8, 4) is 11.1 Å². The van der Waals surface area contributed by atoms with E-state index < -0.39 is 29.4 Å². The van der Waals surface area contributed by atoms with Gasteiger partial charge in [-0.3, -0.25) is 9.78 Å². The molecule has 0 aliphatic rings. The molecule has 1 heterocycles. The minimum atomic E-state index is -4.54. The standard InChI is InChI=1S/C30H20F6N2O/c31-29(32,33)24-11-7-21(8-12-24)27(22-9-13-25(14-10-22)30(34,35)36)5-2-6-28(39)38-26-4-1-3-23(19-26)20-15-17-37-18-16-20/h1-19H,(H,38,39). The Morgan fingerprint density at radius 3 is 1.74 bits per heavy atom. The molecule has 1 aromatic heterocycles. The van der Waals surface area contributed by atoms with E-state index in [2.05, 4.69) is 10.3 Å². The van der Waals surface area contributed by atoms with Crippen LogP contribution in [0.5, 0.6) is 0 Å². The van der Waals surface area contributed by atoms with Gasteiger partial charge in [0.25, 0.3) is 0 Å². The number of carbonyl (C=O) groups excluding carboxylic acids is 1.